The lowest BCUT2D eigenvalue weighted by molar-refractivity contribution is -0.128. The number of aryl methyl sites for hydroxylation is 1. The van der Waals surface area contributed by atoms with Crippen LogP contribution < -0.4 is 0 Å². The maximum atomic E-state index is 12.1. The van der Waals surface area contributed by atoms with Gasteiger partial charge in [-0.25, -0.2) is 4.79 Å². The van der Waals surface area contributed by atoms with Crippen molar-refractivity contribution < 1.29 is 14.7 Å². The van der Waals surface area contributed by atoms with Crippen molar-refractivity contribution in [1.82, 2.24) is 4.90 Å². The second kappa shape index (κ2) is 10.2. The fourth-order valence-electron chi connectivity index (χ4n) is 2.99. The molecule has 0 radical (unpaired) electrons. The molecule has 1 atom stereocenters. The Hall–Kier alpha value is -1.88. The summed E-state index contributed by atoms with van der Waals surface area (Å²) in [7, 11) is 0. The largest absolute Gasteiger partial charge is 0.477 e. The second-order valence-electron chi connectivity index (χ2n) is 6.32. The van der Waals surface area contributed by atoms with Crippen molar-refractivity contribution in [2.24, 2.45) is 0 Å². The molecule has 5 heteroatoms. The number of hydrogen-bond donors (Lipinski definition) is 1. The summed E-state index contributed by atoms with van der Waals surface area (Å²) in [5, 5.41) is 8.96. The number of thiophene rings is 1. The quantitative estimate of drug-likeness (QED) is 0.486. The zero-order valence-electron chi connectivity index (χ0n) is 14.8. The molecule has 0 aromatic carbocycles. The molecular weight excluding hydrogens is 334 g/mol. The molecule has 4 nitrogen and oxygen atoms in total. The minimum Gasteiger partial charge on any atom is -0.477 e. The van der Waals surface area contributed by atoms with E-state index in [0.29, 0.717) is 11.3 Å². The molecule has 0 aliphatic carbocycles. The van der Waals surface area contributed by atoms with Gasteiger partial charge in [0.25, 0.3) is 0 Å². The van der Waals surface area contributed by atoms with Crippen LogP contribution in [0.5, 0.6) is 0 Å². The minimum absolute atomic E-state index is 0.196. The highest BCUT2D eigenvalue weighted by Crippen LogP contribution is 2.22. The number of carboxylic acid groups (broad SMARTS) is 1. The van der Waals surface area contributed by atoms with E-state index in [2.05, 4.69) is 31.2 Å². The third-order valence-electron chi connectivity index (χ3n) is 4.37. The van der Waals surface area contributed by atoms with Gasteiger partial charge in [-0.15, -0.1) is 11.3 Å². The van der Waals surface area contributed by atoms with E-state index in [1.54, 1.807) is 6.07 Å². The van der Waals surface area contributed by atoms with Gasteiger partial charge in [0.1, 0.15) is 4.88 Å². The molecular formula is C20H27NO3S. The number of amides is 1. The number of carboxylic acids is 1. The van der Waals surface area contributed by atoms with Gasteiger partial charge in [-0.3, -0.25) is 4.79 Å². The fourth-order valence-corrected chi connectivity index (χ4v) is 3.87. The molecule has 2 rings (SSSR count). The smallest absolute Gasteiger partial charge is 0.345 e. The van der Waals surface area contributed by atoms with Gasteiger partial charge in [0, 0.05) is 17.8 Å². The van der Waals surface area contributed by atoms with E-state index in [0.717, 1.165) is 37.1 Å². The Labute approximate surface area is 153 Å². The van der Waals surface area contributed by atoms with Crippen molar-refractivity contribution >= 4 is 23.2 Å². The number of likely N-dealkylation sites (tertiary alicyclic amines) is 1. The highest BCUT2D eigenvalue weighted by atomic mass is 32.1. The third kappa shape index (κ3) is 6.16. The summed E-state index contributed by atoms with van der Waals surface area (Å²) in [6.45, 7) is 2.91. The van der Waals surface area contributed by atoms with Gasteiger partial charge >= 0.3 is 5.97 Å². The summed E-state index contributed by atoms with van der Waals surface area (Å²) in [5.41, 5.74) is 0. The van der Waals surface area contributed by atoms with Crippen LogP contribution in [0.1, 0.15) is 60.0 Å². The Morgan fingerprint density at radius 1 is 1.36 bits per heavy atom. The molecule has 0 spiro atoms. The van der Waals surface area contributed by atoms with Crippen LogP contribution in [0.15, 0.2) is 36.4 Å². The molecule has 1 N–H and O–H groups in total. The van der Waals surface area contributed by atoms with Crippen molar-refractivity contribution in [3.05, 3.63) is 46.2 Å². The molecule has 1 aromatic heterocycles. The Bertz CT molecular complexity index is 633. The number of nitrogens with zero attached hydrogens (tertiary/aromatic N) is 1. The summed E-state index contributed by atoms with van der Waals surface area (Å²) in [5.74, 6) is -0.648. The van der Waals surface area contributed by atoms with E-state index < -0.39 is 5.97 Å². The molecule has 0 bridgehead atoms. The Balaban J connectivity index is 1.79. The molecule has 25 heavy (non-hydrogen) atoms. The van der Waals surface area contributed by atoms with Crippen LogP contribution in [0.2, 0.25) is 0 Å². The predicted molar refractivity (Wildman–Crippen MR) is 102 cm³/mol. The van der Waals surface area contributed by atoms with E-state index in [1.807, 2.05) is 11.0 Å². The highest BCUT2D eigenvalue weighted by Gasteiger charge is 2.28. The number of unbranched alkanes of at least 4 members (excludes halogenated alkanes) is 2. The molecule has 1 amide bonds. The zero-order valence-corrected chi connectivity index (χ0v) is 15.6. The van der Waals surface area contributed by atoms with Gasteiger partial charge in [0.05, 0.1) is 6.04 Å². The van der Waals surface area contributed by atoms with Crippen LogP contribution in [0, 0.1) is 0 Å². The van der Waals surface area contributed by atoms with Gasteiger partial charge < -0.3 is 10.0 Å². The maximum absolute atomic E-state index is 12.1. The van der Waals surface area contributed by atoms with Crippen molar-refractivity contribution in [3.8, 4) is 0 Å². The van der Waals surface area contributed by atoms with Crippen molar-refractivity contribution in [2.75, 3.05) is 6.54 Å². The summed E-state index contributed by atoms with van der Waals surface area (Å²) in [6, 6.07) is 3.72. The Kier molecular flexibility index (Phi) is 7.92. The van der Waals surface area contributed by atoms with Crippen LogP contribution in [-0.2, 0) is 11.2 Å². The standard InChI is InChI=1S/C20H27NO3S/c1-2-3-4-5-6-7-9-16-11-14-19(22)21(16)15-8-10-17-12-13-18(25-17)20(23)24/h5-7,9,12-13,16H,2-4,8,10-11,14-15H2,1H3,(H,23,24)/t16-/m0/s1. The van der Waals surface area contributed by atoms with Crippen LogP contribution in [0.4, 0.5) is 0 Å². The molecule has 2 heterocycles. The maximum Gasteiger partial charge on any atom is 0.345 e. The van der Waals surface area contributed by atoms with Gasteiger partial charge in [0.2, 0.25) is 5.91 Å². The predicted octanol–water partition coefficient (Wildman–Crippen LogP) is 4.67. The molecule has 1 fully saturated rings. The van der Waals surface area contributed by atoms with E-state index >= 15 is 0 Å². The van der Waals surface area contributed by atoms with Crippen LogP contribution >= 0.6 is 11.3 Å². The lowest BCUT2D eigenvalue weighted by Gasteiger charge is -2.22. The normalized spacial score (nSPS) is 18.0. The van der Waals surface area contributed by atoms with E-state index in [-0.39, 0.29) is 11.9 Å². The third-order valence-corrected chi connectivity index (χ3v) is 5.51. The molecule has 1 saturated heterocycles. The Morgan fingerprint density at radius 2 is 2.20 bits per heavy atom. The van der Waals surface area contributed by atoms with Crippen molar-refractivity contribution in [3.63, 3.8) is 0 Å². The molecule has 0 unspecified atom stereocenters. The number of aromatic carboxylic acids is 1. The van der Waals surface area contributed by atoms with Crippen LogP contribution in [-0.4, -0.2) is 34.5 Å². The van der Waals surface area contributed by atoms with Crippen molar-refractivity contribution in [2.45, 2.75) is 57.9 Å². The van der Waals surface area contributed by atoms with Crippen LogP contribution in [0.3, 0.4) is 0 Å². The van der Waals surface area contributed by atoms with E-state index in [9.17, 15) is 9.59 Å². The lowest BCUT2D eigenvalue weighted by Crippen LogP contribution is -2.32. The fraction of sp³-hybridized carbons (Fsp3) is 0.500. The first kappa shape index (κ1) is 19.4. The van der Waals surface area contributed by atoms with Crippen molar-refractivity contribution in [1.29, 1.82) is 0 Å². The number of hydrogen-bond acceptors (Lipinski definition) is 3. The van der Waals surface area contributed by atoms with Gasteiger partial charge in [-0.2, -0.15) is 0 Å². The minimum atomic E-state index is -0.872. The number of carbonyl (C=O) groups is 2. The molecule has 1 aromatic rings. The molecule has 1 aliphatic rings. The average molecular weight is 362 g/mol. The summed E-state index contributed by atoms with van der Waals surface area (Å²) < 4.78 is 0. The molecule has 0 saturated carbocycles. The summed E-state index contributed by atoms with van der Waals surface area (Å²) in [6.07, 6.45) is 15.2. The zero-order chi connectivity index (χ0) is 18.1. The number of rotatable bonds is 10. The summed E-state index contributed by atoms with van der Waals surface area (Å²) in [4.78, 5) is 26.4. The van der Waals surface area contributed by atoms with E-state index in [4.69, 9.17) is 5.11 Å². The number of allylic oxidation sites excluding steroid dienone is 3. The highest BCUT2D eigenvalue weighted by molar-refractivity contribution is 7.13. The van der Waals surface area contributed by atoms with E-state index in [1.165, 1.54) is 24.2 Å². The molecule has 136 valence electrons. The first-order valence-corrected chi connectivity index (χ1v) is 9.88. The SMILES string of the molecule is CCCCC=CC=C[C@H]1CCC(=O)N1CCCc1ccc(C(=O)O)s1. The lowest BCUT2D eigenvalue weighted by atomic mass is 10.2. The first-order valence-electron chi connectivity index (χ1n) is 9.06. The van der Waals surface area contributed by atoms with Crippen LogP contribution in [0.25, 0.3) is 0 Å². The Morgan fingerprint density at radius 3 is 2.92 bits per heavy atom. The average Bonchev–Trinajstić information content (AvgIpc) is 3.19. The summed E-state index contributed by atoms with van der Waals surface area (Å²) >= 11 is 1.32. The molecule has 1 aliphatic heterocycles. The number of carbonyl (C=O) groups excluding carboxylic acids is 1. The van der Waals surface area contributed by atoms with Gasteiger partial charge in [-0.1, -0.05) is 44.1 Å². The van der Waals surface area contributed by atoms with Gasteiger partial charge in [0.15, 0.2) is 0 Å². The second-order valence-corrected chi connectivity index (χ2v) is 7.49. The first-order chi connectivity index (χ1) is 12.1. The monoisotopic (exact) mass is 361 g/mol. The van der Waals surface area contributed by atoms with Gasteiger partial charge in [-0.05, 0) is 37.8 Å². The topological polar surface area (TPSA) is 57.6 Å².